The highest BCUT2D eigenvalue weighted by Crippen LogP contribution is 2.40. The second kappa shape index (κ2) is 8.08. The Hall–Kier alpha value is -2.13. The van der Waals surface area contributed by atoms with E-state index in [0.29, 0.717) is 4.31 Å². The Balaban J connectivity index is 2.60. The fourth-order valence-electron chi connectivity index (χ4n) is 2.95. The molecular formula is C19H23F3N2O3S. The van der Waals surface area contributed by atoms with Crippen LogP contribution in [-0.2, 0) is 10.0 Å². The number of rotatable bonds is 6. The van der Waals surface area contributed by atoms with E-state index in [4.69, 9.17) is 0 Å². The Morgan fingerprint density at radius 2 is 1.68 bits per heavy atom. The van der Waals surface area contributed by atoms with Crippen LogP contribution in [-0.4, -0.2) is 30.0 Å². The molecule has 1 aromatic carbocycles. The number of nitrogens with zero attached hydrogens (tertiary/aromatic N) is 2. The van der Waals surface area contributed by atoms with Crippen LogP contribution in [0.25, 0.3) is 0 Å². The summed E-state index contributed by atoms with van der Waals surface area (Å²) in [4.78, 5) is 11.7. The summed E-state index contributed by atoms with van der Waals surface area (Å²) in [6.45, 7) is 6.13. The topological polar surface area (TPSA) is 59.4 Å². The van der Waals surface area contributed by atoms with Crippen molar-refractivity contribution in [2.45, 2.75) is 50.9 Å². The van der Waals surface area contributed by atoms with Crippen molar-refractivity contribution in [3.63, 3.8) is 0 Å². The number of halogens is 3. The van der Waals surface area contributed by atoms with E-state index in [1.807, 2.05) is 0 Å². The van der Waals surface area contributed by atoms with Gasteiger partial charge in [0.15, 0.2) is 0 Å². The summed E-state index contributed by atoms with van der Waals surface area (Å²) in [5, 5.41) is 0. The zero-order chi connectivity index (χ0) is 21.3. The molecule has 9 heteroatoms. The molecule has 0 amide bonds. The number of hydrogen-bond donors (Lipinski definition) is 0. The van der Waals surface area contributed by atoms with Gasteiger partial charge in [-0.15, -0.1) is 0 Å². The number of hydrogen-bond acceptors (Lipinski definition) is 3. The van der Waals surface area contributed by atoms with Crippen LogP contribution < -0.4 is 5.56 Å². The first kappa shape index (κ1) is 22.2. The maximum Gasteiger partial charge on any atom is 0.409 e. The lowest BCUT2D eigenvalue weighted by Gasteiger charge is -2.32. The number of aromatic nitrogens is 1. The fourth-order valence-corrected chi connectivity index (χ4v) is 4.56. The molecular weight excluding hydrogens is 393 g/mol. The number of pyridine rings is 1. The third-order valence-corrected chi connectivity index (χ3v) is 6.32. The van der Waals surface area contributed by atoms with Crippen molar-refractivity contribution in [2.75, 3.05) is 6.54 Å². The third-order valence-electron chi connectivity index (χ3n) is 4.39. The molecule has 0 fully saturated rings. The van der Waals surface area contributed by atoms with Gasteiger partial charge < -0.3 is 4.57 Å². The van der Waals surface area contributed by atoms with E-state index < -0.39 is 39.2 Å². The Morgan fingerprint density at radius 1 is 1.11 bits per heavy atom. The first-order valence-electron chi connectivity index (χ1n) is 8.77. The normalized spacial score (nSPS) is 13.9. The van der Waals surface area contributed by atoms with Gasteiger partial charge in [0.25, 0.3) is 5.56 Å². The molecule has 154 valence electrons. The molecule has 0 aliphatic heterocycles. The highest BCUT2D eigenvalue weighted by Gasteiger charge is 2.48. The highest BCUT2D eigenvalue weighted by atomic mass is 32.2. The van der Waals surface area contributed by atoms with Crippen molar-refractivity contribution < 1.29 is 21.6 Å². The quantitative estimate of drug-likeness (QED) is 0.714. The van der Waals surface area contributed by atoms with Crippen molar-refractivity contribution in [1.29, 1.82) is 0 Å². The lowest BCUT2D eigenvalue weighted by atomic mass is 10.0. The van der Waals surface area contributed by atoms with E-state index in [1.165, 1.54) is 42.0 Å². The third kappa shape index (κ3) is 4.47. The van der Waals surface area contributed by atoms with Crippen molar-refractivity contribution in [2.24, 2.45) is 0 Å². The van der Waals surface area contributed by atoms with E-state index >= 15 is 0 Å². The molecule has 1 atom stereocenters. The van der Waals surface area contributed by atoms with Gasteiger partial charge in [0.2, 0.25) is 10.0 Å². The Labute approximate surface area is 162 Å². The lowest BCUT2D eigenvalue weighted by molar-refractivity contribution is -0.173. The smallest absolute Gasteiger partial charge is 0.313 e. The van der Waals surface area contributed by atoms with Crippen LogP contribution >= 0.6 is 0 Å². The van der Waals surface area contributed by atoms with Gasteiger partial charge in [-0.3, -0.25) is 4.79 Å². The van der Waals surface area contributed by atoms with Crippen molar-refractivity contribution in [1.82, 2.24) is 8.87 Å². The average molecular weight is 416 g/mol. The van der Waals surface area contributed by atoms with E-state index in [2.05, 4.69) is 0 Å². The summed E-state index contributed by atoms with van der Waals surface area (Å²) in [6, 6.07) is 4.99. The highest BCUT2D eigenvalue weighted by molar-refractivity contribution is 7.89. The van der Waals surface area contributed by atoms with Crippen molar-refractivity contribution in [3.8, 4) is 0 Å². The molecule has 0 unspecified atom stereocenters. The van der Waals surface area contributed by atoms with Gasteiger partial charge in [-0.1, -0.05) is 36.8 Å². The van der Waals surface area contributed by atoms with E-state index in [9.17, 15) is 26.4 Å². The van der Waals surface area contributed by atoms with E-state index in [1.54, 1.807) is 20.8 Å². The summed E-state index contributed by atoms with van der Waals surface area (Å²) in [6.07, 6.45) is -3.55. The van der Waals surface area contributed by atoms with Gasteiger partial charge in [-0.2, -0.15) is 17.5 Å². The Kier molecular flexibility index (Phi) is 6.40. The van der Waals surface area contributed by atoms with Crippen LogP contribution in [0.1, 0.15) is 44.0 Å². The van der Waals surface area contributed by atoms with Gasteiger partial charge in [0, 0.05) is 24.8 Å². The van der Waals surface area contributed by atoms with Gasteiger partial charge in [-0.25, -0.2) is 8.42 Å². The number of aryl methyl sites for hydroxylation is 1. The predicted molar refractivity (Wildman–Crippen MR) is 101 cm³/mol. The molecule has 28 heavy (non-hydrogen) atoms. The molecule has 5 nitrogen and oxygen atoms in total. The molecule has 0 bridgehead atoms. The van der Waals surface area contributed by atoms with Crippen LogP contribution in [0.5, 0.6) is 0 Å². The molecule has 0 aliphatic rings. The zero-order valence-corrected chi connectivity index (χ0v) is 16.9. The van der Waals surface area contributed by atoms with Crippen LogP contribution in [0, 0.1) is 6.92 Å². The minimum Gasteiger partial charge on any atom is -0.313 e. The summed E-state index contributed by atoms with van der Waals surface area (Å²) in [5.41, 5.74) is -0.0158. The van der Waals surface area contributed by atoms with Crippen molar-refractivity contribution >= 4 is 10.0 Å². The van der Waals surface area contributed by atoms with Gasteiger partial charge in [0.05, 0.1) is 4.90 Å². The predicted octanol–water partition coefficient (Wildman–Crippen LogP) is 4.05. The maximum atomic E-state index is 13.9. The standard InChI is InChI=1S/C19H23F3N2O3S/c1-5-24(18(19(20,21)22)15-8-6-14(4)7-9-15)28(26,27)16-10-11-23(13(2)3)17(25)12-16/h6-13,18H,5H2,1-4H3/t18-/m1/s1. The maximum absolute atomic E-state index is 13.9. The first-order chi connectivity index (χ1) is 12.9. The molecule has 2 aromatic rings. The first-order valence-corrected chi connectivity index (χ1v) is 10.2. The SMILES string of the molecule is CCN([C@H](c1ccc(C)cc1)C(F)(F)F)S(=O)(=O)c1ccn(C(C)C)c(=O)c1. The molecule has 0 radical (unpaired) electrons. The molecule has 0 saturated carbocycles. The molecule has 1 heterocycles. The number of benzene rings is 1. The molecule has 0 spiro atoms. The average Bonchev–Trinajstić information content (AvgIpc) is 2.59. The summed E-state index contributed by atoms with van der Waals surface area (Å²) in [7, 11) is -4.56. The van der Waals surface area contributed by atoms with Crippen LogP contribution in [0.4, 0.5) is 13.2 Å². The second-order valence-corrected chi connectivity index (χ2v) is 8.66. The van der Waals surface area contributed by atoms with E-state index in [-0.39, 0.29) is 11.6 Å². The lowest BCUT2D eigenvalue weighted by Crippen LogP contribution is -2.42. The largest absolute Gasteiger partial charge is 0.409 e. The molecule has 0 aliphatic carbocycles. The Bertz CT molecular complexity index is 981. The number of alkyl halides is 3. The zero-order valence-electron chi connectivity index (χ0n) is 16.1. The second-order valence-electron chi connectivity index (χ2n) is 6.76. The molecule has 2 rings (SSSR count). The van der Waals surface area contributed by atoms with Gasteiger partial charge in [-0.05, 0) is 32.4 Å². The van der Waals surface area contributed by atoms with Gasteiger partial charge in [0.1, 0.15) is 6.04 Å². The van der Waals surface area contributed by atoms with Gasteiger partial charge >= 0.3 is 6.18 Å². The molecule has 0 N–H and O–H groups in total. The molecule has 1 aromatic heterocycles. The monoisotopic (exact) mass is 416 g/mol. The summed E-state index contributed by atoms with van der Waals surface area (Å²) >= 11 is 0. The van der Waals surface area contributed by atoms with Crippen LogP contribution in [0.3, 0.4) is 0 Å². The number of sulfonamides is 1. The Morgan fingerprint density at radius 3 is 2.11 bits per heavy atom. The summed E-state index contributed by atoms with van der Waals surface area (Å²) in [5.74, 6) is 0. The minimum absolute atomic E-state index is 0.181. The van der Waals surface area contributed by atoms with Crippen LogP contribution in [0.2, 0.25) is 0 Å². The van der Waals surface area contributed by atoms with E-state index in [0.717, 1.165) is 17.7 Å². The van der Waals surface area contributed by atoms with Crippen LogP contribution in [0.15, 0.2) is 52.3 Å². The fraction of sp³-hybridized carbons (Fsp3) is 0.421. The summed E-state index contributed by atoms with van der Waals surface area (Å²) < 4.78 is 69.3. The molecule has 0 saturated heterocycles. The minimum atomic E-state index is -4.83. The van der Waals surface area contributed by atoms with Crippen molar-refractivity contribution in [3.05, 3.63) is 64.1 Å².